The van der Waals surface area contributed by atoms with E-state index in [0.717, 1.165) is 16.7 Å². The van der Waals surface area contributed by atoms with Crippen LogP contribution in [0.15, 0.2) is 91.0 Å². The number of rotatable bonds is 9. The average molecular weight is 416 g/mol. The third-order valence-corrected chi connectivity index (χ3v) is 5.57. The standard InChI is InChI=1S/C27H29NO3/c1-20(2)18-24(26(30)31)28-25(29)19-27(21-12-6-3-7-13-21,22-14-8-4-9-15-22)23-16-10-5-11-17-23/h3-17,20,24H,18-19H2,1-2H3,(H,28,29)(H,30,31)/t24-/m0/s1. The van der Waals surface area contributed by atoms with Crippen molar-refractivity contribution in [3.63, 3.8) is 0 Å². The first-order chi connectivity index (χ1) is 14.9. The number of carboxylic acids is 1. The van der Waals surface area contributed by atoms with Crippen molar-refractivity contribution in [3.05, 3.63) is 108 Å². The van der Waals surface area contributed by atoms with Crippen LogP contribution in [0.25, 0.3) is 0 Å². The van der Waals surface area contributed by atoms with Crippen molar-refractivity contribution in [1.82, 2.24) is 5.32 Å². The lowest BCUT2D eigenvalue weighted by Gasteiger charge is -2.36. The van der Waals surface area contributed by atoms with Gasteiger partial charge < -0.3 is 10.4 Å². The highest BCUT2D eigenvalue weighted by Crippen LogP contribution is 2.42. The molecule has 0 fully saturated rings. The lowest BCUT2D eigenvalue weighted by molar-refractivity contribution is -0.142. The summed E-state index contributed by atoms with van der Waals surface area (Å²) in [6, 6.07) is 28.9. The third kappa shape index (κ3) is 5.21. The minimum atomic E-state index is -1.01. The lowest BCUT2D eigenvalue weighted by atomic mass is 9.67. The second-order valence-electron chi connectivity index (χ2n) is 8.27. The van der Waals surface area contributed by atoms with Gasteiger partial charge in [0.1, 0.15) is 6.04 Å². The number of carbonyl (C=O) groups is 2. The molecule has 0 saturated carbocycles. The fourth-order valence-corrected chi connectivity index (χ4v) is 4.15. The molecule has 0 radical (unpaired) electrons. The van der Waals surface area contributed by atoms with Gasteiger partial charge in [0.2, 0.25) is 5.91 Å². The fourth-order valence-electron chi connectivity index (χ4n) is 4.15. The van der Waals surface area contributed by atoms with Crippen LogP contribution in [0.1, 0.15) is 43.4 Å². The van der Waals surface area contributed by atoms with Gasteiger partial charge in [-0.1, -0.05) is 105 Å². The summed E-state index contributed by atoms with van der Waals surface area (Å²) < 4.78 is 0. The van der Waals surface area contributed by atoms with Crippen LogP contribution in [-0.2, 0) is 15.0 Å². The van der Waals surface area contributed by atoms with Crippen molar-refractivity contribution >= 4 is 11.9 Å². The number of nitrogens with one attached hydrogen (secondary N) is 1. The van der Waals surface area contributed by atoms with E-state index in [4.69, 9.17) is 0 Å². The molecule has 0 aromatic heterocycles. The predicted molar refractivity (Wildman–Crippen MR) is 123 cm³/mol. The molecule has 4 nitrogen and oxygen atoms in total. The van der Waals surface area contributed by atoms with Crippen LogP contribution in [0.5, 0.6) is 0 Å². The van der Waals surface area contributed by atoms with Gasteiger partial charge in [-0.15, -0.1) is 0 Å². The first-order valence-corrected chi connectivity index (χ1v) is 10.6. The zero-order valence-electron chi connectivity index (χ0n) is 18.0. The summed E-state index contributed by atoms with van der Waals surface area (Å²) in [5.74, 6) is -1.14. The van der Waals surface area contributed by atoms with E-state index >= 15 is 0 Å². The van der Waals surface area contributed by atoms with Crippen LogP contribution in [0.4, 0.5) is 0 Å². The Morgan fingerprint density at radius 3 is 1.48 bits per heavy atom. The molecule has 3 aromatic carbocycles. The molecule has 0 saturated heterocycles. The molecule has 0 heterocycles. The summed E-state index contributed by atoms with van der Waals surface area (Å²) in [6.45, 7) is 3.90. The normalized spacial score (nSPS) is 12.4. The largest absolute Gasteiger partial charge is 0.480 e. The van der Waals surface area contributed by atoms with Crippen LogP contribution in [0, 0.1) is 5.92 Å². The predicted octanol–water partition coefficient (Wildman–Crippen LogP) is 5.03. The van der Waals surface area contributed by atoms with Crippen LogP contribution in [0.3, 0.4) is 0 Å². The van der Waals surface area contributed by atoms with E-state index in [1.807, 2.05) is 105 Å². The minimum absolute atomic E-state index is 0.104. The Morgan fingerprint density at radius 1 is 0.774 bits per heavy atom. The second-order valence-corrected chi connectivity index (χ2v) is 8.27. The molecule has 3 rings (SSSR count). The molecule has 1 amide bonds. The lowest BCUT2D eigenvalue weighted by Crippen LogP contribution is -2.45. The molecule has 4 heteroatoms. The van der Waals surface area contributed by atoms with Crippen molar-refractivity contribution < 1.29 is 14.7 Å². The van der Waals surface area contributed by atoms with Crippen molar-refractivity contribution in [3.8, 4) is 0 Å². The summed E-state index contributed by atoms with van der Waals surface area (Å²) in [5.41, 5.74) is 2.21. The number of carbonyl (C=O) groups excluding carboxylic acids is 1. The summed E-state index contributed by atoms with van der Waals surface area (Å²) in [4.78, 5) is 25.0. The number of hydrogen-bond donors (Lipinski definition) is 2. The Balaban J connectivity index is 2.10. The zero-order valence-corrected chi connectivity index (χ0v) is 18.0. The van der Waals surface area contributed by atoms with E-state index < -0.39 is 17.4 Å². The topological polar surface area (TPSA) is 66.4 Å². The van der Waals surface area contributed by atoms with E-state index in [9.17, 15) is 14.7 Å². The maximum atomic E-state index is 13.3. The Bertz CT molecular complexity index is 888. The molecule has 2 N–H and O–H groups in total. The number of amides is 1. The van der Waals surface area contributed by atoms with E-state index in [0.29, 0.717) is 6.42 Å². The smallest absolute Gasteiger partial charge is 0.326 e. The first-order valence-electron chi connectivity index (χ1n) is 10.6. The monoisotopic (exact) mass is 415 g/mol. The fraction of sp³-hybridized carbons (Fsp3) is 0.259. The Labute approximate surface area is 183 Å². The van der Waals surface area contributed by atoms with Crippen LogP contribution < -0.4 is 5.32 Å². The molecule has 160 valence electrons. The van der Waals surface area contributed by atoms with Crippen LogP contribution >= 0.6 is 0 Å². The highest BCUT2D eigenvalue weighted by atomic mass is 16.4. The van der Waals surface area contributed by atoms with Crippen molar-refractivity contribution in [2.45, 2.75) is 38.1 Å². The van der Waals surface area contributed by atoms with Crippen molar-refractivity contribution in [2.24, 2.45) is 5.92 Å². The summed E-state index contributed by atoms with van der Waals surface area (Å²) >= 11 is 0. The summed E-state index contributed by atoms with van der Waals surface area (Å²) in [5, 5.41) is 12.4. The van der Waals surface area contributed by atoms with Crippen molar-refractivity contribution in [2.75, 3.05) is 0 Å². The Morgan fingerprint density at radius 2 is 1.16 bits per heavy atom. The van der Waals surface area contributed by atoms with Gasteiger partial charge in [0.15, 0.2) is 0 Å². The molecule has 0 aliphatic heterocycles. The Hall–Kier alpha value is -3.40. The number of hydrogen-bond acceptors (Lipinski definition) is 2. The van der Waals surface area contributed by atoms with Crippen LogP contribution in [0.2, 0.25) is 0 Å². The molecule has 31 heavy (non-hydrogen) atoms. The molecular weight excluding hydrogens is 386 g/mol. The summed E-state index contributed by atoms with van der Waals surface area (Å²) in [7, 11) is 0. The van der Waals surface area contributed by atoms with E-state index in [1.54, 1.807) is 0 Å². The van der Waals surface area contributed by atoms with Gasteiger partial charge in [0.25, 0.3) is 0 Å². The summed E-state index contributed by atoms with van der Waals surface area (Å²) in [6.07, 6.45) is 0.489. The molecule has 3 aromatic rings. The maximum Gasteiger partial charge on any atom is 0.326 e. The molecule has 0 bridgehead atoms. The molecule has 0 unspecified atom stereocenters. The molecule has 0 aliphatic rings. The van der Waals surface area contributed by atoms with Gasteiger partial charge in [-0.05, 0) is 29.0 Å². The molecule has 1 atom stereocenters. The van der Waals surface area contributed by atoms with Gasteiger partial charge in [-0.2, -0.15) is 0 Å². The zero-order chi connectivity index (χ0) is 22.3. The van der Waals surface area contributed by atoms with E-state index in [-0.39, 0.29) is 18.2 Å². The van der Waals surface area contributed by atoms with Gasteiger partial charge in [0.05, 0.1) is 5.41 Å². The number of benzene rings is 3. The van der Waals surface area contributed by atoms with E-state index in [1.165, 1.54) is 0 Å². The van der Waals surface area contributed by atoms with Crippen LogP contribution in [-0.4, -0.2) is 23.0 Å². The molecule has 0 spiro atoms. The second kappa shape index (κ2) is 10.1. The highest BCUT2D eigenvalue weighted by molar-refractivity contribution is 5.85. The minimum Gasteiger partial charge on any atom is -0.480 e. The van der Waals surface area contributed by atoms with E-state index in [2.05, 4.69) is 5.32 Å². The van der Waals surface area contributed by atoms with Gasteiger partial charge >= 0.3 is 5.97 Å². The SMILES string of the molecule is CC(C)C[C@H](NC(=O)CC(c1ccccc1)(c1ccccc1)c1ccccc1)C(=O)O. The number of carboxylic acid groups (broad SMARTS) is 1. The first kappa shape index (κ1) is 22.3. The average Bonchev–Trinajstić information content (AvgIpc) is 2.78. The van der Waals surface area contributed by atoms with Gasteiger partial charge in [-0.3, -0.25) is 4.79 Å². The van der Waals surface area contributed by atoms with Gasteiger partial charge in [0, 0.05) is 6.42 Å². The number of aliphatic carboxylic acids is 1. The maximum absolute atomic E-state index is 13.3. The molecular formula is C27H29NO3. The quantitative estimate of drug-likeness (QED) is 0.482. The molecule has 0 aliphatic carbocycles. The third-order valence-electron chi connectivity index (χ3n) is 5.57. The van der Waals surface area contributed by atoms with Crippen molar-refractivity contribution in [1.29, 1.82) is 0 Å². The Kier molecular flexibility index (Phi) is 7.24. The van der Waals surface area contributed by atoms with Gasteiger partial charge in [-0.25, -0.2) is 4.79 Å². The highest BCUT2D eigenvalue weighted by Gasteiger charge is 2.39.